The van der Waals surface area contributed by atoms with Crippen molar-refractivity contribution in [3.8, 4) is 0 Å². The molecule has 1 aromatic carbocycles. The van der Waals surface area contributed by atoms with Crippen molar-refractivity contribution in [2.75, 3.05) is 19.6 Å². The number of hydrogen-bond acceptors (Lipinski definition) is 2. The summed E-state index contributed by atoms with van der Waals surface area (Å²) < 4.78 is 26.7. The first-order chi connectivity index (χ1) is 11.9. The van der Waals surface area contributed by atoms with Gasteiger partial charge in [0.05, 0.1) is 5.56 Å². The van der Waals surface area contributed by atoms with E-state index in [2.05, 4.69) is 19.2 Å². The van der Waals surface area contributed by atoms with E-state index in [0.29, 0.717) is 44.5 Å². The Hall–Kier alpha value is -1.98. The van der Waals surface area contributed by atoms with E-state index >= 15 is 0 Å². The molecule has 0 radical (unpaired) electrons. The normalized spacial score (nSPS) is 15.5. The van der Waals surface area contributed by atoms with Crippen LogP contribution in [-0.4, -0.2) is 36.3 Å². The van der Waals surface area contributed by atoms with E-state index in [4.69, 9.17) is 0 Å². The molecule has 25 heavy (non-hydrogen) atoms. The van der Waals surface area contributed by atoms with Crippen molar-refractivity contribution < 1.29 is 18.4 Å². The van der Waals surface area contributed by atoms with Gasteiger partial charge >= 0.3 is 0 Å². The maximum absolute atomic E-state index is 13.7. The van der Waals surface area contributed by atoms with E-state index in [1.807, 2.05) is 0 Å². The van der Waals surface area contributed by atoms with Crippen LogP contribution in [0.4, 0.5) is 8.78 Å². The molecular formula is C19H26F2N2O2. The third-order valence-electron chi connectivity index (χ3n) is 4.57. The third-order valence-corrected chi connectivity index (χ3v) is 4.57. The lowest BCUT2D eigenvalue weighted by molar-refractivity contribution is -0.126. The van der Waals surface area contributed by atoms with Gasteiger partial charge in [0.1, 0.15) is 11.6 Å². The molecule has 0 saturated carbocycles. The molecule has 0 aliphatic carbocycles. The number of amides is 2. The van der Waals surface area contributed by atoms with Crippen molar-refractivity contribution in [1.82, 2.24) is 10.2 Å². The molecule has 2 amide bonds. The predicted octanol–water partition coefficient (Wildman–Crippen LogP) is 3.37. The largest absolute Gasteiger partial charge is 0.356 e. The zero-order valence-corrected chi connectivity index (χ0v) is 14.9. The molecule has 2 rings (SSSR count). The minimum absolute atomic E-state index is 0.0313. The van der Waals surface area contributed by atoms with E-state index in [-0.39, 0.29) is 17.4 Å². The number of hydrogen-bond donors (Lipinski definition) is 1. The van der Waals surface area contributed by atoms with Gasteiger partial charge in [-0.1, -0.05) is 13.8 Å². The molecule has 1 N–H and O–H groups in total. The van der Waals surface area contributed by atoms with Crippen molar-refractivity contribution in [3.63, 3.8) is 0 Å². The van der Waals surface area contributed by atoms with Gasteiger partial charge < -0.3 is 10.2 Å². The number of benzene rings is 1. The number of piperidine rings is 1. The second-order valence-corrected chi connectivity index (χ2v) is 7.02. The Morgan fingerprint density at radius 3 is 2.52 bits per heavy atom. The average molecular weight is 352 g/mol. The molecule has 1 aromatic rings. The molecule has 1 heterocycles. The topological polar surface area (TPSA) is 49.4 Å². The lowest BCUT2D eigenvalue weighted by Crippen LogP contribution is -2.43. The summed E-state index contributed by atoms with van der Waals surface area (Å²) in [7, 11) is 0. The number of halogens is 2. The standard InChI is InChI=1S/C19H26F2N2O2/c1-13(2)4-3-9-22-18(24)14-7-10-23(11-8-14)19(25)16-6-5-15(20)12-17(16)21/h5-6,12-14H,3-4,7-11H2,1-2H3,(H,22,24). The van der Waals surface area contributed by atoms with E-state index in [1.165, 1.54) is 11.0 Å². The average Bonchev–Trinajstić information content (AvgIpc) is 2.58. The van der Waals surface area contributed by atoms with Gasteiger partial charge in [0.15, 0.2) is 0 Å². The van der Waals surface area contributed by atoms with E-state index in [1.54, 1.807) is 0 Å². The highest BCUT2D eigenvalue weighted by atomic mass is 19.1. The van der Waals surface area contributed by atoms with Gasteiger partial charge in [0, 0.05) is 31.6 Å². The van der Waals surface area contributed by atoms with Crippen LogP contribution in [0.25, 0.3) is 0 Å². The highest BCUT2D eigenvalue weighted by molar-refractivity contribution is 5.94. The molecule has 138 valence electrons. The third kappa shape index (κ3) is 5.51. The van der Waals surface area contributed by atoms with Gasteiger partial charge in [-0.05, 0) is 43.7 Å². The zero-order chi connectivity index (χ0) is 18.4. The second kappa shape index (κ2) is 8.92. The molecule has 0 bridgehead atoms. The van der Waals surface area contributed by atoms with Crippen molar-refractivity contribution in [3.05, 3.63) is 35.4 Å². The first kappa shape index (κ1) is 19.3. The van der Waals surface area contributed by atoms with Crippen LogP contribution in [0, 0.1) is 23.5 Å². The van der Waals surface area contributed by atoms with Crippen LogP contribution in [-0.2, 0) is 4.79 Å². The Morgan fingerprint density at radius 2 is 1.92 bits per heavy atom. The van der Waals surface area contributed by atoms with Crippen LogP contribution >= 0.6 is 0 Å². The van der Waals surface area contributed by atoms with Crippen molar-refractivity contribution in [1.29, 1.82) is 0 Å². The Balaban J connectivity index is 1.80. The molecular weight excluding hydrogens is 326 g/mol. The van der Waals surface area contributed by atoms with Crippen LogP contribution < -0.4 is 5.32 Å². The van der Waals surface area contributed by atoms with E-state index in [9.17, 15) is 18.4 Å². The molecule has 6 heteroatoms. The SMILES string of the molecule is CC(C)CCCNC(=O)C1CCN(C(=O)c2ccc(F)cc2F)CC1. The van der Waals surface area contributed by atoms with Gasteiger partial charge in [0.25, 0.3) is 5.91 Å². The molecule has 1 aliphatic rings. The predicted molar refractivity (Wildman–Crippen MR) is 92.1 cm³/mol. The Labute approximate surface area is 147 Å². The fourth-order valence-corrected chi connectivity index (χ4v) is 3.04. The summed E-state index contributed by atoms with van der Waals surface area (Å²) in [4.78, 5) is 26.0. The van der Waals surface area contributed by atoms with Crippen LogP contribution in [0.1, 0.15) is 49.9 Å². The number of carbonyl (C=O) groups is 2. The molecule has 0 spiro atoms. The first-order valence-electron chi connectivity index (χ1n) is 8.90. The highest BCUT2D eigenvalue weighted by Crippen LogP contribution is 2.20. The van der Waals surface area contributed by atoms with Crippen LogP contribution in [0.5, 0.6) is 0 Å². The number of nitrogens with one attached hydrogen (secondary N) is 1. The highest BCUT2D eigenvalue weighted by Gasteiger charge is 2.28. The summed E-state index contributed by atoms with van der Waals surface area (Å²) in [6.45, 7) is 5.79. The molecule has 1 aliphatic heterocycles. The molecule has 0 atom stereocenters. The first-order valence-corrected chi connectivity index (χ1v) is 8.90. The molecule has 0 aromatic heterocycles. The van der Waals surface area contributed by atoms with Gasteiger partial charge in [-0.2, -0.15) is 0 Å². The Kier molecular flexibility index (Phi) is 6.91. The second-order valence-electron chi connectivity index (χ2n) is 7.02. The summed E-state index contributed by atoms with van der Waals surface area (Å²) in [5.74, 6) is -1.46. The molecule has 0 unspecified atom stereocenters. The van der Waals surface area contributed by atoms with Gasteiger partial charge in [-0.3, -0.25) is 9.59 Å². The van der Waals surface area contributed by atoms with Crippen LogP contribution in [0.3, 0.4) is 0 Å². The fraction of sp³-hybridized carbons (Fsp3) is 0.579. The van der Waals surface area contributed by atoms with Gasteiger partial charge in [-0.15, -0.1) is 0 Å². The van der Waals surface area contributed by atoms with Gasteiger partial charge in [-0.25, -0.2) is 8.78 Å². The zero-order valence-electron chi connectivity index (χ0n) is 14.9. The quantitative estimate of drug-likeness (QED) is 0.798. The number of likely N-dealkylation sites (tertiary alicyclic amines) is 1. The maximum atomic E-state index is 13.7. The van der Waals surface area contributed by atoms with Crippen LogP contribution in [0.2, 0.25) is 0 Å². The minimum Gasteiger partial charge on any atom is -0.356 e. The Bertz CT molecular complexity index is 611. The summed E-state index contributed by atoms with van der Waals surface area (Å²) >= 11 is 0. The smallest absolute Gasteiger partial charge is 0.256 e. The molecule has 1 saturated heterocycles. The molecule has 1 fully saturated rings. The van der Waals surface area contributed by atoms with Gasteiger partial charge in [0.2, 0.25) is 5.91 Å². The van der Waals surface area contributed by atoms with Crippen molar-refractivity contribution >= 4 is 11.8 Å². The van der Waals surface area contributed by atoms with Crippen LogP contribution in [0.15, 0.2) is 18.2 Å². The summed E-state index contributed by atoms with van der Waals surface area (Å²) in [5.41, 5.74) is -0.127. The monoisotopic (exact) mass is 352 g/mol. The Morgan fingerprint density at radius 1 is 1.24 bits per heavy atom. The van der Waals surface area contributed by atoms with Crippen molar-refractivity contribution in [2.24, 2.45) is 11.8 Å². The summed E-state index contributed by atoms with van der Waals surface area (Å²) in [5, 5.41) is 2.95. The number of nitrogens with zero attached hydrogens (tertiary/aromatic N) is 1. The lowest BCUT2D eigenvalue weighted by atomic mass is 9.95. The lowest BCUT2D eigenvalue weighted by Gasteiger charge is -2.31. The summed E-state index contributed by atoms with van der Waals surface area (Å²) in [6, 6.07) is 2.96. The molecule has 4 nitrogen and oxygen atoms in total. The van der Waals surface area contributed by atoms with Crippen molar-refractivity contribution in [2.45, 2.75) is 39.5 Å². The summed E-state index contributed by atoms with van der Waals surface area (Å²) in [6.07, 6.45) is 3.16. The minimum atomic E-state index is -0.852. The van der Waals surface area contributed by atoms with E-state index in [0.717, 1.165) is 18.9 Å². The number of rotatable bonds is 6. The number of carbonyl (C=O) groups excluding carboxylic acids is 2. The van der Waals surface area contributed by atoms with E-state index < -0.39 is 17.5 Å². The maximum Gasteiger partial charge on any atom is 0.256 e. The fourth-order valence-electron chi connectivity index (χ4n) is 3.04.